The molecule has 0 unspecified atom stereocenters. The molecule has 4 rings (SSSR count). The van der Waals surface area contributed by atoms with E-state index < -0.39 is 0 Å². The summed E-state index contributed by atoms with van der Waals surface area (Å²) < 4.78 is 19.2. The molecule has 0 aliphatic carbocycles. The van der Waals surface area contributed by atoms with Gasteiger partial charge in [-0.15, -0.1) is 0 Å². The standard InChI is InChI=1S/C21H21FN4O2/c1-14-11-15(22)12-16-18(28-2)13-17(24-20(14)16)21(27)26-9-7-25(8-10-26)19-5-3-4-6-23-19/h3-6,11-13H,7-10H2,1-2H3. The van der Waals surface area contributed by atoms with E-state index in [0.29, 0.717) is 54.1 Å². The molecule has 7 heteroatoms. The summed E-state index contributed by atoms with van der Waals surface area (Å²) >= 11 is 0. The Balaban J connectivity index is 1.58. The molecule has 0 atom stereocenters. The van der Waals surface area contributed by atoms with Crippen molar-refractivity contribution < 1.29 is 13.9 Å². The zero-order valence-electron chi connectivity index (χ0n) is 15.9. The van der Waals surface area contributed by atoms with E-state index in [0.717, 1.165) is 5.82 Å². The van der Waals surface area contributed by atoms with Crippen LogP contribution in [0.25, 0.3) is 10.9 Å². The highest BCUT2D eigenvalue weighted by atomic mass is 19.1. The van der Waals surface area contributed by atoms with Gasteiger partial charge in [-0.2, -0.15) is 0 Å². The third-order valence-corrected chi connectivity index (χ3v) is 5.01. The molecule has 6 nitrogen and oxygen atoms in total. The van der Waals surface area contributed by atoms with Gasteiger partial charge in [0.05, 0.1) is 12.6 Å². The number of ether oxygens (including phenoxy) is 1. The van der Waals surface area contributed by atoms with Crippen molar-refractivity contribution in [2.75, 3.05) is 38.2 Å². The van der Waals surface area contributed by atoms with Crippen molar-refractivity contribution >= 4 is 22.6 Å². The SMILES string of the molecule is COc1cc(C(=O)N2CCN(c3ccccn3)CC2)nc2c(C)cc(F)cc12. The number of amides is 1. The number of rotatable bonds is 3. The molecule has 1 fully saturated rings. The van der Waals surface area contributed by atoms with E-state index in [1.165, 1.54) is 19.2 Å². The molecule has 3 aromatic rings. The first-order valence-corrected chi connectivity index (χ1v) is 9.17. The van der Waals surface area contributed by atoms with Gasteiger partial charge >= 0.3 is 0 Å². The van der Waals surface area contributed by atoms with Crippen molar-refractivity contribution in [3.8, 4) is 5.75 Å². The van der Waals surface area contributed by atoms with Crippen LogP contribution in [-0.4, -0.2) is 54.1 Å². The number of hydrogen-bond donors (Lipinski definition) is 0. The normalized spacial score (nSPS) is 14.4. The summed E-state index contributed by atoms with van der Waals surface area (Å²) in [6.45, 7) is 4.35. The summed E-state index contributed by atoms with van der Waals surface area (Å²) in [7, 11) is 1.51. The number of hydrogen-bond acceptors (Lipinski definition) is 5. The molecule has 1 aromatic carbocycles. The minimum Gasteiger partial charge on any atom is -0.496 e. The van der Waals surface area contributed by atoms with E-state index in [1.807, 2.05) is 18.2 Å². The van der Waals surface area contributed by atoms with Crippen molar-refractivity contribution in [2.45, 2.75) is 6.92 Å². The first-order chi connectivity index (χ1) is 13.6. The van der Waals surface area contributed by atoms with Crippen LogP contribution in [0.3, 0.4) is 0 Å². The largest absolute Gasteiger partial charge is 0.496 e. The van der Waals surface area contributed by atoms with Crippen LogP contribution < -0.4 is 9.64 Å². The number of pyridine rings is 2. The quantitative estimate of drug-likeness (QED) is 0.699. The molecule has 0 N–H and O–H groups in total. The van der Waals surface area contributed by atoms with Crippen molar-refractivity contribution in [3.63, 3.8) is 0 Å². The maximum absolute atomic E-state index is 13.8. The molecule has 2 aromatic heterocycles. The molecule has 1 saturated heterocycles. The van der Waals surface area contributed by atoms with Gasteiger partial charge in [-0.3, -0.25) is 4.79 Å². The van der Waals surface area contributed by atoms with Crippen LogP contribution in [0.2, 0.25) is 0 Å². The number of anilines is 1. The first-order valence-electron chi connectivity index (χ1n) is 9.17. The Hall–Kier alpha value is -3.22. The molecule has 0 saturated carbocycles. The molecular weight excluding hydrogens is 359 g/mol. The highest BCUT2D eigenvalue weighted by Gasteiger charge is 2.25. The number of carbonyl (C=O) groups excluding carboxylic acids is 1. The Morgan fingerprint density at radius 3 is 2.61 bits per heavy atom. The first kappa shape index (κ1) is 18.2. The fraction of sp³-hybridized carbons (Fsp3) is 0.286. The lowest BCUT2D eigenvalue weighted by atomic mass is 10.1. The Morgan fingerprint density at radius 2 is 1.93 bits per heavy atom. The fourth-order valence-corrected chi connectivity index (χ4v) is 3.55. The molecular formula is C21H21FN4O2. The van der Waals surface area contributed by atoms with Gasteiger partial charge < -0.3 is 14.5 Å². The van der Waals surface area contributed by atoms with Crippen LogP contribution in [0.5, 0.6) is 5.75 Å². The van der Waals surface area contributed by atoms with Crippen molar-refractivity contribution in [2.24, 2.45) is 0 Å². The van der Waals surface area contributed by atoms with Gasteiger partial charge in [0.25, 0.3) is 5.91 Å². The molecule has 28 heavy (non-hydrogen) atoms. The number of aromatic nitrogens is 2. The van der Waals surface area contributed by atoms with Crippen LogP contribution in [0.15, 0.2) is 42.6 Å². The minimum absolute atomic E-state index is 0.149. The molecule has 1 aliphatic heterocycles. The maximum atomic E-state index is 13.8. The summed E-state index contributed by atoms with van der Waals surface area (Å²) in [5, 5.41) is 0.566. The maximum Gasteiger partial charge on any atom is 0.272 e. The third-order valence-electron chi connectivity index (χ3n) is 5.01. The third kappa shape index (κ3) is 3.35. The topological polar surface area (TPSA) is 58.6 Å². The predicted molar refractivity (Wildman–Crippen MR) is 105 cm³/mol. The van der Waals surface area contributed by atoms with Crippen LogP contribution in [-0.2, 0) is 0 Å². The van der Waals surface area contributed by atoms with Crippen LogP contribution >= 0.6 is 0 Å². The van der Waals surface area contributed by atoms with Gasteiger partial charge in [0.2, 0.25) is 0 Å². The Kier molecular flexibility index (Phi) is 4.81. The minimum atomic E-state index is -0.352. The average Bonchev–Trinajstić information content (AvgIpc) is 2.73. The lowest BCUT2D eigenvalue weighted by molar-refractivity contribution is 0.0740. The van der Waals surface area contributed by atoms with E-state index in [4.69, 9.17) is 4.74 Å². The zero-order chi connectivity index (χ0) is 19.7. The monoisotopic (exact) mass is 380 g/mol. The number of fused-ring (bicyclic) bond motifs is 1. The summed E-state index contributed by atoms with van der Waals surface area (Å²) in [4.78, 5) is 25.9. The second-order valence-electron chi connectivity index (χ2n) is 6.80. The summed E-state index contributed by atoms with van der Waals surface area (Å²) in [5.74, 6) is 0.861. The number of benzene rings is 1. The molecule has 3 heterocycles. The van der Waals surface area contributed by atoms with Crippen molar-refractivity contribution in [1.29, 1.82) is 0 Å². The number of nitrogens with zero attached hydrogens (tertiary/aromatic N) is 4. The second-order valence-corrected chi connectivity index (χ2v) is 6.80. The molecule has 1 aliphatic rings. The summed E-state index contributed by atoms with van der Waals surface area (Å²) in [5.41, 5.74) is 1.56. The molecule has 1 amide bonds. The van der Waals surface area contributed by atoms with Gasteiger partial charge in [0, 0.05) is 43.8 Å². The molecule has 0 spiro atoms. The van der Waals surface area contributed by atoms with Gasteiger partial charge in [0.1, 0.15) is 23.1 Å². The van der Waals surface area contributed by atoms with Gasteiger partial charge in [0.15, 0.2) is 0 Å². The van der Waals surface area contributed by atoms with E-state index >= 15 is 0 Å². The van der Waals surface area contributed by atoms with Crippen molar-refractivity contribution in [1.82, 2.24) is 14.9 Å². The second kappa shape index (κ2) is 7.42. The Morgan fingerprint density at radius 1 is 1.14 bits per heavy atom. The lowest BCUT2D eigenvalue weighted by Gasteiger charge is -2.35. The number of carbonyl (C=O) groups is 1. The van der Waals surface area contributed by atoms with Gasteiger partial charge in [-0.05, 0) is 36.8 Å². The van der Waals surface area contributed by atoms with E-state index in [-0.39, 0.29) is 11.7 Å². The predicted octanol–water partition coefficient (Wildman–Crippen LogP) is 3.05. The highest BCUT2D eigenvalue weighted by Crippen LogP contribution is 2.29. The fourth-order valence-electron chi connectivity index (χ4n) is 3.55. The average molecular weight is 380 g/mol. The van der Waals surface area contributed by atoms with E-state index in [1.54, 1.807) is 24.1 Å². The van der Waals surface area contributed by atoms with E-state index in [2.05, 4.69) is 14.9 Å². The van der Waals surface area contributed by atoms with Gasteiger partial charge in [-0.1, -0.05) is 6.07 Å². The molecule has 0 radical (unpaired) electrons. The smallest absolute Gasteiger partial charge is 0.272 e. The van der Waals surface area contributed by atoms with E-state index in [9.17, 15) is 9.18 Å². The number of aryl methyl sites for hydroxylation is 1. The van der Waals surface area contributed by atoms with Crippen LogP contribution in [0, 0.1) is 12.7 Å². The Labute approximate surface area is 162 Å². The number of halogens is 1. The zero-order valence-corrected chi connectivity index (χ0v) is 15.9. The molecule has 0 bridgehead atoms. The molecule has 144 valence electrons. The Bertz CT molecular complexity index is 1020. The number of methoxy groups -OCH3 is 1. The van der Waals surface area contributed by atoms with Crippen LogP contribution in [0.4, 0.5) is 10.2 Å². The van der Waals surface area contributed by atoms with Crippen LogP contribution in [0.1, 0.15) is 16.1 Å². The highest BCUT2D eigenvalue weighted by molar-refractivity contribution is 5.98. The van der Waals surface area contributed by atoms with Crippen molar-refractivity contribution in [3.05, 3.63) is 59.7 Å². The summed E-state index contributed by atoms with van der Waals surface area (Å²) in [6, 6.07) is 10.2. The number of piperazine rings is 1. The van der Waals surface area contributed by atoms with Gasteiger partial charge in [-0.25, -0.2) is 14.4 Å². The summed E-state index contributed by atoms with van der Waals surface area (Å²) in [6.07, 6.45) is 1.77. The lowest BCUT2D eigenvalue weighted by Crippen LogP contribution is -2.49.